The van der Waals surface area contributed by atoms with E-state index in [2.05, 4.69) is 16.8 Å². The number of alkyl halides is 3. The number of hydrogen-bond acceptors (Lipinski definition) is 5. The molecule has 4 nitrogen and oxygen atoms in total. The molecule has 1 fully saturated rings. The fourth-order valence-electron chi connectivity index (χ4n) is 2.37. The van der Waals surface area contributed by atoms with E-state index in [0.29, 0.717) is 31.4 Å². The zero-order chi connectivity index (χ0) is 15.5. The van der Waals surface area contributed by atoms with Gasteiger partial charge in [0.25, 0.3) is 0 Å². The summed E-state index contributed by atoms with van der Waals surface area (Å²) in [5.74, 6) is 0. The molecule has 0 spiro atoms. The van der Waals surface area contributed by atoms with Crippen molar-refractivity contribution in [3.05, 3.63) is 11.1 Å². The summed E-state index contributed by atoms with van der Waals surface area (Å²) in [7, 11) is 0. The minimum atomic E-state index is -4.30. The highest BCUT2D eigenvalue weighted by molar-refractivity contribution is 7.15. The fraction of sp³-hybridized carbons (Fsp3) is 0.769. The lowest BCUT2D eigenvalue weighted by molar-refractivity contribution is -0.134. The van der Waals surface area contributed by atoms with Crippen LogP contribution >= 0.6 is 11.3 Å². The van der Waals surface area contributed by atoms with Crippen LogP contribution in [-0.4, -0.2) is 55.3 Å². The number of anilines is 1. The van der Waals surface area contributed by atoms with Gasteiger partial charge in [-0.1, -0.05) is 11.3 Å². The molecule has 1 unspecified atom stereocenters. The van der Waals surface area contributed by atoms with Crippen LogP contribution in [0.5, 0.6) is 0 Å². The maximum atomic E-state index is 12.6. The summed E-state index contributed by atoms with van der Waals surface area (Å²) in [5.41, 5.74) is 0. The Balaban J connectivity index is 1.91. The average Bonchev–Trinajstić information content (AvgIpc) is 2.90. The zero-order valence-electron chi connectivity index (χ0n) is 12.2. The molecule has 0 aromatic carbocycles. The van der Waals surface area contributed by atoms with E-state index >= 15 is 0 Å². The summed E-state index contributed by atoms with van der Waals surface area (Å²) < 4.78 is 43.2. The van der Waals surface area contributed by atoms with Gasteiger partial charge >= 0.3 is 6.18 Å². The maximum Gasteiger partial charge on any atom is 0.427 e. The second-order valence-corrected chi connectivity index (χ2v) is 6.04. The van der Waals surface area contributed by atoms with Crippen molar-refractivity contribution >= 4 is 16.5 Å². The summed E-state index contributed by atoms with van der Waals surface area (Å²) in [6.07, 6.45) is -3.38. The van der Waals surface area contributed by atoms with Crippen molar-refractivity contribution in [2.24, 2.45) is 0 Å². The summed E-state index contributed by atoms with van der Waals surface area (Å²) in [4.78, 5) is 7.52. The number of piperazine rings is 1. The SMILES string of the molecule is CCOCCN1CCN(c2ncc(C(F)(F)F)s2)CC1C. The van der Waals surface area contributed by atoms with Crippen LogP contribution in [0.15, 0.2) is 6.20 Å². The Morgan fingerprint density at radius 1 is 1.43 bits per heavy atom. The number of halogens is 3. The van der Waals surface area contributed by atoms with Gasteiger partial charge in [-0.15, -0.1) is 0 Å². The first-order valence-electron chi connectivity index (χ1n) is 7.01. The van der Waals surface area contributed by atoms with Crippen molar-refractivity contribution in [3.63, 3.8) is 0 Å². The molecule has 1 saturated heterocycles. The monoisotopic (exact) mass is 323 g/mol. The molecular formula is C13H20F3N3OS. The lowest BCUT2D eigenvalue weighted by Gasteiger charge is -2.39. The molecular weight excluding hydrogens is 303 g/mol. The van der Waals surface area contributed by atoms with Crippen molar-refractivity contribution in [2.75, 3.05) is 44.3 Å². The zero-order valence-corrected chi connectivity index (χ0v) is 13.0. The Hall–Kier alpha value is -0.860. The van der Waals surface area contributed by atoms with E-state index in [4.69, 9.17) is 4.74 Å². The molecule has 0 amide bonds. The molecule has 1 aromatic rings. The van der Waals surface area contributed by atoms with E-state index < -0.39 is 11.1 Å². The lowest BCUT2D eigenvalue weighted by atomic mass is 10.2. The van der Waals surface area contributed by atoms with Crippen molar-refractivity contribution < 1.29 is 17.9 Å². The standard InChI is InChI=1S/C13H20F3N3OS/c1-3-20-7-6-18-4-5-19(9-10(18)2)12-17-8-11(21-12)13(14,15)16/h8,10H,3-7,9H2,1-2H3. The van der Waals surface area contributed by atoms with E-state index in [1.165, 1.54) is 0 Å². The van der Waals surface area contributed by atoms with Gasteiger partial charge < -0.3 is 9.64 Å². The van der Waals surface area contributed by atoms with Gasteiger partial charge in [0.05, 0.1) is 12.8 Å². The minimum Gasteiger partial charge on any atom is -0.380 e. The summed E-state index contributed by atoms with van der Waals surface area (Å²) >= 11 is 0.718. The second kappa shape index (κ2) is 6.93. The van der Waals surface area contributed by atoms with Gasteiger partial charge in [-0.3, -0.25) is 4.90 Å². The van der Waals surface area contributed by atoms with Gasteiger partial charge in [-0.05, 0) is 13.8 Å². The molecule has 0 radical (unpaired) electrons. The van der Waals surface area contributed by atoms with Crippen LogP contribution < -0.4 is 4.90 Å². The van der Waals surface area contributed by atoms with Gasteiger partial charge in [0, 0.05) is 38.8 Å². The van der Waals surface area contributed by atoms with Gasteiger partial charge in [-0.25, -0.2) is 4.98 Å². The molecule has 2 rings (SSSR count). The molecule has 1 aliphatic rings. The van der Waals surface area contributed by atoms with E-state index in [1.54, 1.807) is 0 Å². The first-order chi connectivity index (χ1) is 9.91. The smallest absolute Gasteiger partial charge is 0.380 e. The molecule has 2 heterocycles. The Morgan fingerprint density at radius 3 is 2.76 bits per heavy atom. The van der Waals surface area contributed by atoms with Crippen LogP contribution in [0.1, 0.15) is 18.7 Å². The van der Waals surface area contributed by atoms with Gasteiger partial charge in [0.2, 0.25) is 0 Å². The summed E-state index contributed by atoms with van der Waals surface area (Å²) in [6, 6.07) is 0.275. The van der Waals surface area contributed by atoms with Crippen LogP contribution in [-0.2, 0) is 10.9 Å². The van der Waals surface area contributed by atoms with Crippen LogP contribution in [0, 0.1) is 0 Å². The van der Waals surface area contributed by atoms with Crippen LogP contribution in [0.25, 0.3) is 0 Å². The second-order valence-electron chi connectivity index (χ2n) is 5.03. The van der Waals surface area contributed by atoms with Crippen molar-refractivity contribution in [1.29, 1.82) is 0 Å². The highest BCUT2D eigenvalue weighted by Crippen LogP contribution is 2.36. The van der Waals surface area contributed by atoms with Crippen LogP contribution in [0.4, 0.5) is 18.3 Å². The first kappa shape index (κ1) is 16.5. The van der Waals surface area contributed by atoms with Crippen molar-refractivity contribution in [1.82, 2.24) is 9.88 Å². The van der Waals surface area contributed by atoms with Gasteiger partial charge in [-0.2, -0.15) is 13.2 Å². The van der Waals surface area contributed by atoms with Crippen molar-refractivity contribution in [3.8, 4) is 0 Å². The highest BCUT2D eigenvalue weighted by atomic mass is 32.1. The molecule has 1 aliphatic heterocycles. The van der Waals surface area contributed by atoms with Crippen LogP contribution in [0.3, 0.4) is 0 Å². The first-order valence-corrected chi connectivity index (χ1v) is 7.83. The molecule has 0 N–H and O–H groups in total. The fourth-order valence-corrected chi connectivity index (χ4v) is 3.19. The number of thiazole rings is 1. The molecule has 0 saturated carbocycles. The summed E-state index contributed by atoms with van der Waals surface area (Å²) in [6.45, 7) is 8.49. The van der Waals surface area contributed by atoms with Gasteiger partial charge in [0.1, 0.15) is 4.88 Å². The quantitative estimate of drug-likeness (QED) is 0.779. The Kier molecular flexibility index (Phi) is 5.45. The average molecular weight is 323 g/mol. The minimum absolute atomic E-state index is 0.275. The Bertz CT molecular complexity index is 452. The van der Waals surface area contributed by atoms with E-state index in [-0.39, 0.29) is 6.04 Å². The molecule has 0 aliphatic carbocycles. The maximum absolute atomic E-state index is 12.6. The predicted molar refractivity (Wildman–Crippen MR) is 76.9 cm³/mol. The number of nitrogens with zero attached hydrogens (tertiary/aromatic N) is 3. The molecule has 1 aromatic heterocycles. The number of rotatable bonds is 5. The molecule has 21 heavy (non-hydrogen) atoms. The largest absolute Gasteiger partial charge is 0.427 e. The van der Waals surface area contributed by atoms with Crippen LogP contribution in [0.2, 0.25) is 0 Å². The molecule has 120 valence electrons. The molecule has 1 atom stereocenters. The number of ether oxygens (including phenoxy) is 1. The van der Waals surface area contributed by atoms with Crippen molar-refractivity contribution in [2.45, 2.75) is 26.1 Å². The predicted octanol–water partition coefficient (Wildman–Crippen LogP) is 2.71. The van der Waals surface area contributed by atoms with Gasteiger partial charge in [0.15, 0.2) is 5.13 Å². The summed E-state index contributed by atoms with van der Waals surface area (Å²) in [5, 5.41) is 0.457. The Morgan fingerprint density at radius 2 is 2.19 bits per heavy atom. The Labute approximate surface area is 126 Å². The third kappa shape index (κ3) is 4.31. The normalized spacial score (nSPS) is 21.0. The third-order valence-electron chi connectivity index (χ3n) is 3.54. The van der Waals surface area contributed by atoms with E-state index in [1.807, 2.05) is 11.8 Å². The van der Waals surface area contributed by atoms with E-state index in [0.717, 1.165) is 30.6 Å². The molecule has 8 heteroatoms. The van der Waals surface area contributed by atoms with E-state index in [9.17, 15) is 13.2 Å². The topological polar surface area (TPSA) is 28.6 Å². The third-order valence-corrected chi connectivity index (χ3v) is 4.64. The lowest BCUT2D eigenvalue weighted by Crippen LogP contribution is -2.52. The molecule has 0 bridgehead atoms. The number of hydrogen-bond donors (Lipinski definition) is 0. The highest BCUT2D eigenvalue weighted by Gasteiger charge is 2.34. The number of aromatic nitrogens is 1.